The van der Waals surface area contributed by atoms with Gasteiger partial charge in [0.25, 0.3) is 0 Å². The Hall–Kier alpha value is -2.34. The van der Waals surface area contributed by atoms with Crippen LogP contribution in [0.3, 0.4) is 0 Å². The number of benzene rings is 2. The van der Waals surface area contributed by atoms with E-state index in [9.17, 15) is 18.0 Å². The Morgan fingerprint density at radius 3 is 2.44 bits per heavy atom. The summed E-state index contributed by atoms with van der Waals surface area (Å²) in [5.41, 5.74) is 2.21. The highest BCUT2D eigenvalue weighted by Crippen LogP contribution is 2.29. The van der Waals surface area contributed by atoms with E-state index in [1.807, 2.05) is 18.2 Å². The van der Waals surface area contributed by atoms with Gasteiger partial charge in [-0.3, -0.25) is 4.79 Å². The summed E-state index contributed by atoms with van der Waals surface area (Å²) in [6, 6.07) is 12.7. The van der Waals surface area contributed by atoms with Crippen molar-refractivity contribution in [1.82, 2.24) is 5.32 Å². The number of carbonyl (C=O) groups is 1. The molecule has 0 bridgehead atoms. The summed E-state index contributed by atoms with van der Waals surface area (Å²) in [6.07, 6.45) is -3.68. The van der Waals surface area contributed by atoms with Gasteiger partial charge in [-0.05, 0) is 28.8 Å². The van der Waals surface area contributed by atoms with Gasteiger partial charge in [0.1, 0.15) is 0 Å². The lowest BCUT2D eigenvalue weighted by Crippen LogP contribution is -2.37. The first-order valence-electron chi connectivity index (χ1n) is 8.03. The zero-order valence-electron chi connectivity index (χ0n) is 13.5. The van der Waals surface area contributed by atoms with Crippen LogP contribution in [0.4, 0.5) is 13.2 Å². The Bertz CT molecular complexity index is 741. The largest absolute Gasteiger partial charge is 0.416 e. The quantitative estimate of drug-likeness (QED) is 0.917. The second-order valence-corrected chi connectivity index (χ2v) is 6.08. The number of alkyl halides is 3. The number of halogens is 3. The molecule has 6 heteroatoms. The van der Waals surface area contributed by atoms with Gasteiger partial charge in [0.15, 0.2) is 0 Å². The number of hydrogen-bond acceptors (Lipinski definition) is 2. The maximum atomic E-state index is 12.5. The third-order valence-corrected chi connectivity index (χ3v) is 4.21. The molecule has 0 saturated heterocycles. The lowest BCUT2D eigenvalue weighted by atomic mass is 9.99. The molecule has 0 aliphatic carbocycles. The fourth-order valence-corrected chi connectivity index (χ4v) is 2.83. The van der Waals surface area contributed by atoms with Crippen molar-refractivity contribution in [3.05, 3.63) is 70.8 Å². The van der Waals surface area contributed by atoms with Gasteiger partial charge in [-0.15, -0.1) is 0 Å². The van der Waals surface area contributed by atoms with Crippen LogP contribution in [0.25, 0.3) is 0 Å². The molecule has 0 saturated carbocycles. The van der Waals surface area contributed by atoms with E-state index < -0.39 is 11.7 Å². The molecule has 1 N–H and O–H groups in total. The second kappa shape index (κ2) is 7.27. The average Bonchev–Trinajstić information content (AvgIpc) is 2.59. The molecule has 1 aliphatic heterocycles. The van der Waals surface area contributed by atoms with Crippen LogP contribution in [-0.2, 0) is 35.2 Å². The Labute approximate surface area is 143 Å². The summed E-state index contributed by atoms with van der Waals surface area (Å²) in [7, 11) is 0. The molecule has 132 valence electrons. The molecule has 1 heterocycles. The normalized spacial score (nSPS) is 17.0. The van der Waals surface area contributed by atoms with Crippen LogP contribution >= 0.6 is 0 Å². The molecule has 3 rings (SSSR count). The molecule has 2 aromatic rings. The zero-order valence-corrected chi connectivity index (χ0v) is 13.5. The first-order valence-corrected chi connectivity index (χ1v) is 8.03. The van der Waals surface area contributed by atoms with E-state index in [2.05, 4.69) is 11.4 Å². The number of amides is 1. The number of fused-ring (bicyclic) bond motifs is 1. The van der Waals surface area contributed by atoms with Crippen molar-refractivity contribution in [2.75, 3.05) is 6.54 Å². The van der Waals surface area contributed by atoms with Crippen LogP contribution in [0.15, 0.2) is 48.5 Å². The van der Waals surface area contributed by atoms with Crippen molar-refractivity contribution >= 4 is 5.91 Å². The number of nitrogens with one attached hydrogen (secondary N) is 1. The van der Waals surface area contributed by atoms with Gasteiger partial charge in [0, 0.05) is 13.0 Å². The first kappa shape index (κ1) is 17.5. The SMILES string of the molecule is O=C(Cc1ccc(C(F)(F)F)cc1)NCC1Cc2ccccc2CO1. The zero-order chi connectivity index (χ0) is 17.9. The molecule has 0 fully saturated rings. The summed E-state index contributed by atoms with van der Waals surface area (Å²) in [6.45, 7) is 0.906. The van der Waals surface area contributed by atoms with E-state index in [1.165, 1.54) is 17.7 Å². The van der Waals surface area contributed by atoms with Gasteiger partial charge in [-0.2, -0.15) is 13.2 Å². The first-order chi connectivity index (χ1) is 11.9. The van der Waals surface area contributed by atoms with Gasteiger partial charge in [-0.25, -0.2) is 0 Å². The van der Waals surface area contributed by atoms with Gasteiger partial charge >= 0.3 is 6.18 Å². The van der Waals surface area contributed by atoms with Crippen LogP contribution in [0.2, 0.25) is 0 Å². The van der Waals surface area contributed by atoms with Gasteiger partial charge in [0.05, 0.1) is 24.7 Å². The predicted octanol–water partition coefficient (Wildman–Crippen LogP) is 3.51. The molecule has 1 unspecified atom stereocenters. The number of ether oxygens (including phenoxy) is 1. The standard InChI is InChI=1S/C19H18F3NO2/c20-19(21,22)16-7-5-13(6-8-16)9-18(24)23-11-17-10-14-3-1-2-4-15(14)12-25-17/h1-8,17H,9-12H2,(H,23,24). The Balaban J connectivity index is 1.49. The van der Waals surface area contributed by atoms with E-state index in [0.29, 0.717) is 18.7 Å². The Morgan fingerprint density at radius 1 is 1.08 bits per heavy atom. The monoisotopic (exact) mass is 349 g/mol. The molecular weight excluding hydrogens is 331 g/mol. The average molecular weight is 349 g/mol. The third-order valence-electron chi connectivity index (χ3n) is 4.21. The Morgan fingerprint density at radius 2 is 1.76 bits per heavy atom. The molecule has 1 atom stereocenters. The van der Waals surface area contributed by atoms with Gasteiger partial charge < -0.3 is 10.1 Å². The van der Waals surface area contributed by atoms with E-state index >= 15 is 0 Å². The Kier molecular flexibility index (Phi) is 5.08. The van der Waals surface area contributed by atoms with Crippen LogP contribution in [0.5, 0.6) is 0 Å². The van der Waals surface area contributed by atoms with Crippen molar-refractivity contribution in [2.24, 2.45) is 0 Å². The molecule has 0 radical (unpaired) electrons. The fourth-order valence-electron chi connectivity index (χ4n) is 2.83. The lowest BCUT2D eigenvalue weighted by molar-refractivity contribution is -0.137. The maximum Gasteiger partial charge on any atom is 0.416 e. The van der Waals surface area contributed by atoms with E-state index in [1.54, 1.807) is 0 Å². The highest BCUT2D eigenvalue weighted by molar-refractivity contribution is 5.78. The van der Waals surface area contributed by atoms with E-state index in [4.69, 9.17) is 4.74 Å². The van der Waals surface area contributed by atoms with Crippen LogP contribution in [0.1, 0.15) is 22.3 Å². The minimum atomic E-state index is -4.37. The van der Waals surface area contributed by atoms with Crippen LogP contribution in [0, 0.1) is 0 Å². The summed E-state index contributed by atoms with van der Waals surface area (Å²) in [4.78, 5) is 12.0. The minimum Gasteiger partial charge on any atom is -0.371 e. The molecule has 1 amide bonds. The fraction of sp³-hybridized carbons (Fsp3) is 0.316. The summed E-state index contributed by atoms with van der Waals surface area (Å²) in [5.74, 6) is -0.234. The summed E-state index contributed by atoms with van der Waals surface area (Å²) >= 11 is 0. The molecular formula is C19H18F3NO2. The van der Waals surface area contributed by atoms with Crippen molar-refractivity contribution in [2.45, 2.75) is 31.7 Å². The molecule has 2 aromatic carbocycles. The van der Waals surface area contributed by atoms with E-state index in [0.717, 1.165) is 24.1 Å². The number of rotatable bonds is 4. The van der Waals surface area contributed by atoms with Gasteiger partial charge in [-0.1, -0.05) is 36.4 Å². The molecule has 0 spiro atoms. The highest BCUT2D eigenvalue weighted by Gasteiger charge is 2.30. The second-order valence-electron chi connectivity index (χ2n) is 6.08. The smallest absolute Gasteiger partial charge is 0.371 e. The van der Waals surface area contributed by atoms with Crippen molar-refractivity contribution in [3.63, 3.8) is 0 Å². The number of hydrogen-bond donors (Lipinski definition) is 1. The van der Waals surface area contributed by atoms with Crippen LogP contribution in [-0.4, -0.2) is 18.6 Å². The summed E-state index contributed by atoms with van der Waals surface area (Å²) in [5, 5.41) is 2.79. The minimum absolute atomic E-state index is 0.0431. The van der Waals surface area contributed by atoms with Crippen molar-refractivity contribution in [1.29, 1.82) is 0 Å². The van der Waals surface area contributed by atoms with Crippen molar-refractivity contribution in [3.8, 4) is 0 Å². The predicted molar refractivity (Wildman–Crippen MR) is 86.9 cm³/mol. The van der Waals surface area contributed by atoms with Crippen molar-refractivity contribution < 1.29 is 22.7 Å². The van der Waals surface area contributed by atoms with Crippen LogP contribution < -0.4 is 5.32 Å². The topological polar surface area (TPSA) is 38.3 Å². The molecule has 0 aromatic heterocycles. The summed E-state index contributed by atoms with van der Waals surface area (Å²) < 4.78 is 43.3. The molecule has 25 heavy (non-hydrogen) atoms. The lowest BCUT2D eigenvalue weighted by Gasteiger charge is -2.25. The molecule has 3 nitrogen and oxygen atoms in total. The van der Waals surface area contributed by atoms with E-state index in [-0.39, 0.29) is 18.4 Å². The van der Waals surface area contributed by atoms with Gasteiger partial charge in [0.2, 0.25) is 5.91 Å². The highest BCUT2D eigenvalue weighted by atomic mass is 19.4. The maximum absolute atomic E-state index is 12.5. The molecule has 1 aliphatic rings. The third kappa shape index (κ3) is 4.60. The number of carbonyl (C=O) groups excluding carboxylic acids is 1.